The second-order valence-corrected chi connectivity index (χ2v) is 11.7. The van der Waals surface area contributed by atoms with E-state index in [0.717, 1.165) is 11.1 Å². The van der Waals surface area contributed by atoms with Crippen molar-refractivity contribution in [1.82, 2.24) is 9.80 Å². The minimum Gasteiger partial charge on any atom is -0.510 e. The average Bonchev–Trinajstić information content (AvgIpc) is 2.90. The van der Waals surface area contributed by atoms with Crippen LogP contribution in [0.15, 0.2) is 53.0 Å². The Labute approximate surface area is 243 Å². The number of ketones is 2. The molecule has 6 N–H and O–H groups in total. The summed E-state index contributed by atoms with van der Waals surface area (Å²) in [4.78, 5) is 43.2. The van der Waals surface area contributed by atoms with Crippen molar-refractivity contribution in [1.29, 1.82) is 0 Å². The Kier molecular flexibility index (Phi) is 7.16. The second kappa shape index (κ2) is 10.3. The monoisotopic (exact) mass is 577 g/mol. The zero-order valence-corrected chi connectivity index (χ0v) is 24.1. The van der Waals surface area contributed by atoms with E-state index >= 15 is 0 Å². The quantitative estimate of drug-likeness (QED) is 0.319. The number of hydrogen-bond donors (Lipinski definition) is 5. The number of aliphatic hydroxyl groups is 3. The molecule has 0 saturated heterocycles. The van der Waals surface area contributed by atoms with Crippen molar-refractivity contribution in [3.05, 3.63) is 69.7 Å². The first-order valence-corrected chi connectivity index (χ1v) is 13.6. The number of amides is 1. The van der Waals surface area contributed by atoms with Crippen LogP contribution < -0.4 is 10.5 Å². The molecule has 3 aliphatic rings. The van der Waals surface area contributed by atoms with Gasteiger partial charge >= 0.3 is 0 Å². The SMILES string of the molecule is COc1ccc(CN(C)C)cc1-c1ccc(O)c2c1CC1CC3C(N(C)C)C(O)=C(C(N)=O)C(=O)C3(O)C(O)=C1C2=O. The fraction of sp³-hybridized carbons (Fsp3) is 0.387. The van der Waals surface area contributed by atoms with Gasteiger partial charge in [0.25, 0.3) is 5.91 Å². The largest absolute Gasteiger partial charge is 0.510 e. The summed E-state index contributed by atoms with van der Waals surface area (Å²) in [5, 5.41) is 45.1. The molecule has 5 rings (SSSR count). The van der Waals surface area contributed by atoms with Crippen molar-refractivity contribution < 1.29 is 39.5 Å². The van der Waals surface area contributed by atoms with Crippen LogP contribution in [0.25, 0.3) is 11.1 Å². The van der Waals surface area contributed by atoms with Crippen molar-refractivity contribution in [3.8, 4) is 22.6 Å². The predicted molar refractivity (Wildman–Crippen MR) is 153 cm³/mol. The lowest BCUT2D eigenvalue weighted by atomic mass is 9.58. The number of benzene rings is 2. The lowest BCUT2D eigenvalue weighted by molar-refractivity contribution is -0.148. The first-order chi connectivity index (χ1) is 19.7. The molecule has 2 aromatic carbocycles. The topological polar surface area (TPSA) is 174 Å². The molecule has 1 amide bonds. The normalized spacial score (nSPS) is 25.5. The number of fused-ring (bicyclic) bond motifs is 3. The number of aliphatic hydroxyl groups excluding tert-OH is 2. The van der Waals surface area contributed by atoms with E-state index in [2.05, 4.69) is 0 Å². The molecule has 222 valence electrons. The highest BCUT2D eigenvalue weighted by Crippen LogP contribution is 2.53. The number of Topliss-reactive ketones (excluding diaryl/α,β-unsaturated/α-hetero) is 2. The van der Waals surface area contributed by atoms with Gasteiger partial charge < -0.3 is 35.8 Å². The van der Waals surface area contributed by atoms with Gasteiger partial charge in [-0.2, -0.15) is 0 Å². The molecule has 0 aliphatic heterocycles. The Morgan fingerprint density at radius 3 is 2.36 bits per heavy atom. The summed E-state index contributed by atoms with van der Waals surface area (Å²) < 4.78 is 5.65. The van der Waals surface area contributed by atoms with E-state index in [9.17, 15) is 34.8 Å². The fourth-order valence-corrected chi connectivity index (χ4v) is 6.93. The van der Waals surface area contributed by atoms with Crippen molar-refractivity contribution >= 4 is 17.5 Å². The third-order valence-corrected chi connectivity index (χ3v) is 8.66. The van der Waals surface area contributed by atoms with Crippen molar-refractivity contribution in [2.24, 2.45) is 17.6 Å². The molecule has 3 aliphatic carbocycles. The van der Waals surface area contributed by atoms with Gasteiger partial charge in [0, 0.05) is 23.6 Å². The summed E-state index contributed by atoms with van der Waals surface area (Å²) in [6.45, 7) is 0.657. The Bertz CT molecular complexity index is 1590. The maximum atomic E-state index is 14.0. The summed E-state index contributed by atoms with van der Waals surface area (Å²) in [7, 11) is 8.63. The minimum absolute atomic E-state index is 0.0126. The molecule has 2 aromatic rings. The van der Waals surface area contributed by atoms with Crippen LogP contribution >= 0.6 is 0 Å². The number of allylic oxidation sites excluding steroid dienone is 1. The van der Waals surface area contributed by atoms with Gasteiger partial charge in [-0.05, 0) is 81.8 Å². The highest BCUT2D eigenvalue weighted by Gasteiger charge is 2.63. The van der Waals surface area contributed by atoms with Gasteiger partial charge in [-0.25, -0.2) is 0 Å². The van der Waals surface area contributed by atoms with Crippen LogP contribution in [-0.2, 0) is 22.6 Å². The van der Waals surface area contributed by atoms with Gasteiger partial charge in [-0.3, -0.25) is 19.3 Å². The number of phenolic OH excluding ortho intramolecular Hbond substituents is 1. The van der Waals surface area contributed by atoms with Crippen LogP contribution in [0.3, 0.4) is 0 Å². The molecule has 11 heteroatoms. The van der Waals surface area contributed by atoms with Crippen LogP contribution in [0.2, 0.25) is 0 Å². The van der Waals surface area contributed by atoms with Gasteiger partial charge in [-0.1, -0.05) is 12.1 Å². The van der Waals surface area contributed by atoms with E-state index in [4.69, 9.17) is 10.5 Å². The van der Waals surface area contributed by atoms with Crippen LogP contribution in [0, 0.1) is 11.8 Å². The third kappa shape index (κ3) is 4.19. The summed E-state index contributed by atoms with van der Waals surface area (Å²) in [5.41, 5.74) is 4.55. The lowest BCUT2D eigenvalue weighted by Gasteiger charge is -2.50. The Balaban J connectivity index is 1.72. The van der Waals surface area contributed by atoms with E-state index in [-0.39, 0.29) is 29.7 Å². The first-order valence-electron chi connectivity index (χ1n) is 13.6. The third-order valence-electron chi connectivity index (χ3n) is 8.66. The number of nitrogens with zero attached hydrogens (tertiary/aromatic N) is 2. The van der Waals surface area contributed by atoms with Gasteiger partial charge in [0.2, 0.25) is 5.78 Å². The lowest BCUT2D eigenvalue weighted by Crippen LogP contribution is -2.63. The fourth-order valence-electron chi connectivity index (χ4n) is 6.93. The number of rotatable bonds is 6. The van der Waals surface area contributed by atoms with Crippen molar-refractivity contribution in [2.75, 3.05) is 35.3 Å². The van der Waals surface area contributed by atoms with E-state index in [1.807, 2.05) is 37.2 Å². The summed E-state index contributed by atoms with van der Waals surface area (Å²) in [5.74, 6) is -6.27. The van der Waals surface area contributed by atoms with Crippen LogP contribution in [0.1, 0.15) is 27.9 Å². The molecule has 11 nitrogen and oxygen atoms in total. The number of nitrogens with two attached hydrogens (primary N) is 1. The molecule has 42 heavy (non-hydrogen) atoms. The van der Waals surface area contributed by atoms with Crippen LogP contribution in [0.5, 0.6) is 11.5 Å². The number of phenols is 1. The molecule has 4 atom stereocenters. The molecule has 0 saturated carbocycles. The van der Waals surface area contributed by atoms with Gasteiger partial charge in [0.1, 0.15) is 28.6 Å². The number of carbonyl (C=O) groups is 3. The van der Waals surface area contributed by atoms with Crippen molar-refractivity contribution in [2.45, 2.75) is 31.0 Å². The highest BCUT2D eigenvalue weighted by molar-refractivity contribution is 6.25. The Hall–Kier alpha value is -4.19. The molecule has 0 fully saturated rings. The summed E-state index contributed by atoms with van der Waals surface area (Å²) in [6, 6.07) is 7.81. The van der Waals surface area contributed by atoms with E-state index in [0.29, 0.717) is 23.4 Å². The Morgan fingerprint density at radius 2 is 1.76 bits per heavy atom. The molecular formula is C31H35N3O8. The van der Waals surface area contributed by atoms with Gasteiger partial charge in [-0.15, -0.1) is 0 Å². The van der Waals surface area contributed by atoms with E-state index in [1.54, 1.807) is 27.3 Å². The number of ether oxygens (including phenoxy) is 1. The predicted octanol–water partition coefficient (Wildman–Crippen LogP) is 1.86. The number of hydrogen-bond acceptors (Lipinski definition) is 10. The highest BCUT2D eigenvalue weighted by atomic mass is 16.5. The number of aromatic hydroxyl groups is 1. The molecule has 0 radical (unpaired) electrons. The molecule has 0 heterocycles. The molecule has 0 aromatic heterocycles. The van der Waals surface area contributed by atoms with Crippen LogP contribution in [-0.4, -0.2) is 94.6 Å². The number of likely N-dealkylation sites (N-methyl/N-ethyl adjacent to an activating group) is 1. The van der Waals surface area contributed by atoms with E-state index < -0.39 is 58.0 Å². The maximum Gasteiger partial charge on any atom is 0.255 e. The van der Waals surface area contributed by atoms with Gasteiger partial charge in [0.15, 0.2) is 11.4 Å². The second-order valence-electron chi connectivity index (χ2n) is 11.7. The average molecular weight is 578 g/mol. The zero-order valence-electron chi connectivity index (χ0n) is 24.1. The number of primary amides is 1. The Morgan fingerprint density at radius 1 is 1.07 bits per heavy atom. The smallest absolute Gasteiger partial charge is 0.255 e. The first kappa shape index (κ1) is 29.3. The maximum absolute atomic E-state index is 14.0. The molecule has 0 bridgehead atoms. The number of methoxy groups -OCH3 is 1. The zero-order chi connectivity index (χ0) is 30.8. The molecule has 0 spiro atoms. The summed E-state index contributed by atoms with van der Waals surface area (Å²) >= 11 is 0. The number of carbonyl (C=O) groups excluding carboxylic acids is 3. The van der Waals surface area contributed by atoms with Crippen LogP contribution in [0.4, 0.5) is 0 Å². The van der Waals surface area contributed by atoms with Crippen molar-refractivity contribution in [3.63, 3.8) is 0 Å². The molecular weight excluding hydrogens is 542 g/mol. The minimum atomic E-state index is -2.68. The van der Waals surface area contributed by atoms with Gasteiger partial charge in [0.05, 0.1) is 18.7 Å². The molecule has 4 unspecified atom stereocenters. The summed E-state index contributed by atoms with van der Waals surface area (Å²) in [6.07, 6.45) is 0.192. The van der Waals surface area contributed by atoms with E-state index in [1.165, 1.54) is 11.0 Å². The standard InChI is InChI=1S/C31H35N3O8/c1-33(2)13-14-6-9-21(42-5)17(10-14)16-7-8-20(35)23-18(16)11-15-12-19-25(34(3)4)27(37)24(30(32)40)29(39)31(19,41)28(38)22(15)26(23)36/h6-10,15,19,25,35,37-38,41H,11-13H2,1-5H3,(H2,32,40).